The van der Waals surface area contributed by atoms with Gasteiger partial charge in [-0.1, -0.05) is 6.07 Å². The van der Waals surface area contributed by atoms with Crippen LogP contribution in [0.4, 0.5) is 24.5 Å². The van der Waals surface area contributed by atoms with E-state index in [1.165, 1.54) is 11.0 Å². The molecule has 1 N–H and O–H groups in total. The number of aliphatic carboxylic acids is 1. The third-order valence-electron chi connectivity index (χ3n) is 3.27. The second-order valence-corrected chi connectivity index (χ2v) is 5.03. The zero-order valence-corrected chi connectivity index (χ0v) is 11.0. The van der Waals surface area contributed by atoms with E-state index in [1.54, 1.807) is 0 Å². The number of hydrogen-bond donors (Lipinski definition) is 1. The Morgan fingerprint density at radius 1 is 1.43 bits per heavy atom. The van der Waals surface area contributed by atoms with Crippen molar-refractivity contribution in [2.75, 3.05) is 18.0 Å². The van der Waals surface area contributed by atoms with Crippen LogP contribution in [0.25, 0.3) is 4.85 Å². The largest absolute Gasteiger partial charge is 0.480 e. The predicted octanol–water partition coefficient (Wildman–Crippen LogP) is 3.56. The zero-order valence-electron chi connectivity index (χ0n) is 11.0. The highest BCUT2D eigenvalue weighted by Crippen LogP contribution is 2.39. The molecule has 7 heteroatoms. The standard InChI is InChI=1S/C14H13F3N2O2/c1-18-12-5-4-10(6-11(12)14(15,16)17)19(8-13(20)21)7-9-2-3-9/h4-6,9H,2-3,7-8H2,(H,20,21). The van der Waals surface area contributed by atoms with Crippen LogP contribution in [0.5, 0.6) is 0 Å². The third kappa shape index (κ3) is 3.88. The molecule has 0 aromatic heterocycles. The molecular weight excluding hydrogens is 285 g/mol. The number of halogens is 3. The minimum absolute atomic E-state index is 0.184. The molecule has 0 radical (unpaired) electrons. The lowest BCUT2D eigenvalue weighted by Crippen LogP contribution is -2.31. The molecule has 112 valence electrons. The normalized spacial score (nSPS) is 14.6. The van der Waals surface area contributed by atoms with Crippen molar-refractivity contribution in [1.82, 2.24) is 0 Å². The highest BCUT2D eigenvalue weighted by atomic mass is 19.4. The molecule has 0 aliphatic heterocycles. The van der Waals surface area contributed by atoms with Crippen LogP contribution in [0.15, 0.2) is 18.2 Å². The summed E-state index contributed by atoms with van der Waals surface area (Å²) < 4.78 is 38.8. The number of benzene rings is 1. The van der Waals surface area contributed by atoms with E-state index in [4.69, 9.17) is 11.7 Å². The van der Waals surface area contributed by atoms with Crippen molar-refractivity contribution < 1.29 is 23.1 Å². The second kappa shape index (κ2) is 5.64. The Kier molecular flexibility index (Phi) is 4.07. The van der Waals surface area contributed by atoms with Gasteiger partial charge >= 0.3 is 12.1 Å². The lowest BCUT2D eigenvalue weighted by atomic mass is 10.1. The lowest BCUT2D eigenvalue weighted by Gasteiger charge is -2.24. The summed E-state index contributed by atoms with van der Waals surface area (Å²) >= 11 is 0. The van der Waals surface area contributed by atoms with Gasteiger partial charge < -0.3 is 10.0 Å². The fourth-order valence-corrected chi connectivity index (χ4v) is 2.08. The van der Waals surface area contributed by atoms with Gasteiger partial charge in [-0.15, -0.1) is 0 Å². The molecule has 21 heavy (non-hydrogen) atoms. The molecule has 0 amide bonds. The van der Waals surface area contributed by atoms with Gasteiger partial charge in [-0.25, -0.2) is 4.85 Å². The van der Waals surface area contributed by atoms with Crippen molar-refractivity contribution in [3.8, 4) is 0 Å². The van der Waals surface area contributed by atoms with Crippen LogP contribution in [0.2, 0.25) is 0 Å². The maximum atomic E-state index is 12.9. The van der Waals surface area contributed by atoms with Crippen molar-refractivity contribution in [3.63, 3.8) is 0 Å². The number of carbonyl (C=O) groups is 1. The van der Waals surface area contributed by atoms with Crippen molar-refractivity contribution in [3.05, 3.63) is 35.2 Å². The highest BCUT2D eigenvalue weighted by Gasteiger charge is 2.34. The van der Waals surface area contributed by atoms with Gasteiger partial charge in [-0.3, -0.25) is 4.79 Å². The molecular formula is C14H13F3N2O2. The first-order valence-electron chi connectivity index (χ1n) is 6.36. The molecule has 0 spiro atoms. The average Bonchev–Trinajstić information content (AvgIpc) is 3.19. The summed E-state index contributed by atoms with van der Waals surface area (Å²) in [7, 11) is 0. The maximum Gasteiger partial charge on any atom is 0.407 e. The van der Waals surface area contributed by atoms with Gasteiger partial charge in [0.15, 0.2) is 5.69 Å². The fourth-order valence-electron chi connectivity index (χ4n) is 2.08. The summed E-state index contributed by atoms with van der Waals surface area (Å²) in [5, 5.41) is 8.90. The van der Waals surface area contributed by atoms with Crippen molar-refractivity contribution in [1.29, 1.82) is 0 Å². The summed E-state index contributed by atoms with van der Waals surface area (Å²) in [5.41, 5.74) is -1.32. The zero-order chi connectivity index (χ0) is 15.6. The average molecular weight is 298 g/mol. The van der Waals surface area contributed by atoms with E-state index in [0.29, 0.717) is 12.5 Å². The molecule has 1 saturated carbocycles. The molecule has 0 heterocycles. The molecule has 4 nitrogen and oxygen atoms in total. The van der Waals surface area contributed by atoms with Crippen LogP contribution in [-0.4, -0.2) is 24.2 Å². The lowest BCUT2D eigenvalue weighted by molar-refractivity contribution is -0.137. The fraction of sp³-hybridized carbons (Fsp3) is 0.429. The van der Waals surface area contributed by atoms with Crippen LogP contribution >= 0.6 is 0 Å². The molecule has 1 aliphatic rings. The minimum Gasteiger partial charge on any atom is -0.480 e. The quantitative estimate of drug-likeness (QED) is 0.845. The molecule has 0 unspecified atom stereocenters. The molecule has 1 aromatic carbocycles. The molecule has 0 atom stereocenters. The van der Waals surface area contributed by atoms with Crippen molar-refractivity contribution in [2.24, 2.45) is 5.92 Å². The minimum atomic E-state index is -4.63. The first-order valence-corrected chi connectivity index (χ1v) is 6.36. The Morgan fingerprint density at radius 2 is 2.10 bits per heavy atom. The smallest absolute Gasteiger partial charge is 0.407 e. The summed E-state index contributed by atoms with van der Waals surface area (Å²) in [6.07, 6.45) is -2.71. The Balaban J connectivity index is 2.35. The maximum absolute atomic E-state index is 12.9. The predicted molar refractivity (Wildman–Crippen MR) is 70.3 cm³/mol. The molecule has 1 aliphatic carbocycles. The van der Waals surface area contributed by atoms with E-state index in [9.17, 15) is 18.0 Å². The molecule has 0 bridgehead atoms. The molecule has 1 fully saturated rings. The summed E-state index contributed by atoms with van der Waals surface area (Å²) in [6, 6.07) is 3.32. The van der Waals surface area contributed by atoms with Gasteiger partial charge in [0.1, 0.15) is 6.54 Å². The number of alkyl halides is 3. The van der Waals surface area contributed by atoms with E-state index in [0.717, 1.165) is 25.0 Å². The van der Waals surface area contributed by atoms with Crippen LogP contribution in [0.1, 0.15) is 18.4 Å². The van der Waals surface area contributed by atoms with Gasteiger partial charge in [-0.2, -0.15) is 13.2 Å². The van der Waals surface area contributed by atoms with Gasteiger partial charge in [0.25, 0.3) is 0 Å². The van der Waals surface area contributed by atoms with Crippen LogP contribution in [-0.2, 0) is 11.0 Å². The van der Waals surface area contributed by atoms with Crippen LogP contribution < -0.4 is 4.90 Å². The van der Waals surface area contributed by atoms with E-state index in [-0.39, 0.29) is 12.2 Å². The number of hydrogen-bond acceptors (Lipinski definition) is 2. The number of carboxylic acid groups (broad SMARTS) is 1. The summed E-state index contributed by atoms with van der Waals surface area (Å²) in [6.45, 7) is 6.86. The van der Waals surface area contributed by atoms with E-state index in [2.05, 4.69) is 4.85 Å². The van der Waals surface area contributed by atoms with Gasteiger partial charge in [0.2, 0.25) is 0 Å². The van der Waals surface area contributed by atoms with Gasteiger partial charge in [0.05, 0.1) is 12.1 Å². The number of nitrogens with zero attached hydrogens (tertiary/aromatic N) is 2. The molecule has 2 rings (SSSR count). The van der Waals surface area contributed by atoms with E-state index in [1.807, 2.05) is 0 Å². The molecule has 0 saturated heterocycles. The SMILES string of the molecule is [C-]#[N+]c1ccc(N(CC(=O)O)CC2CC2)cc1C(F)(F)F. The van der Waals surface area contributed by atoms with Gasteiger partial charge in [0, 0.05) is 12.2 Å². The molecule has 1 aromatic rings. The highest BCUT2D eigenvalue weighted by molar-refractivity contribution is 5.74. The Labute approximate surface area is 119 Å². The van der Waals surface area contributed by atoms with Crippen LogP contribution in [0, 0.1) is 12.5 Å². The van der Waals surface area contributed by atoms with Crippen LogP contribution in [0.3, 0.4) is 0 Å². The summed E-state index contributed by atoms with van der Waals surface area (Å²) in [5.74, 6) is -0.766. The van der Waals surface area contributed by atoms with Gasteiger partial charge in [-0.05, 0) is 30.9 Å². The second-order valence-electron chi connectivity index (χ2n) is 5.03. The van der Waals surface area contributed by atoms with E-state index >= 15 is 0 Å². The van der Waals surface area contributed by atoms with Crippen molar-refractivity contribution in [2.45, 2.75) is 19.0 Å². The summed E-state index contributed by atoms with van der Waals surface area (Å²) in [4.78, 5) is 15.2. The third-order valence-corrected chi connectivity index (χ3v) is 3.27. The monoisotopic (exact) mass is 298 g/mol. The van der Waals surface area contributed by atoms with Crippen molar-refractivity contribution >= 4 is 17.3 Å². The Morgan fingerprint density at radius 3 is 2.57 bits per heavy atom. The topological polar surface area (TPSA) is 44.9 Å². The first-order chi connectivity index (χ1) is 9.81. The Hall–Kier alpha value is -2.23. The first kappa shape index (κ1) is 15.2. The van der Waals surface area contributed by atoms with E-state index < -0.39 is 23.4 Å². The Bertz CT molecular complexity index is 589. The number of rotatable bonds is 5. The number of anilines is 1. The number of carboxylic acids is 1.